The van der Waals surface area contributed by atoms with Crippen LogP contribution in [0.4, 0.5) is 14.5 Å². The van der Waals surface area contributed by atoms with Crippen LogP contribution in [-0.2, 0) is 11.3 Å². The van der Waals surface area contributed by atoms with E-state index >= 15 is 0 Å². The second-order valence-electron chi connectivity index (χ2n) is 9.85. The molecular formula is C27H40F2N2O2. The fraction of sp³-hybridized carbons (Fsp3) is 0.630. The van der Waals surface area contributed by atoms with Crippen LogP contribution >= 0.6 is 0 Å². The monoisotopic (exact) mass is 462 g/mol. The number of ether oxygens (including phenoxy) is 1. The highest BCUT2D eigenvalue weighted by Gasteiger charge is 2.29. The van der Waals surface area contributed by atoms with Gasteiger partial charge in [-0.25, -0.2) is 8.78 Å². The number of nitrogens with zero attached hydrogens (tertiary/aromatic N) is 1. The summed E-state index contributed by atoms with van der Waals surface area (Å²) in [5, 5.41) is 12.6. The van der Waals surface area contributed by atoms with Crippen LogP contribution in [0.25, 0.3) is 0 Å². The largest absolute Gasteiger partial charge is 0.387 e. The van der Waals surface area contributed by atoms with Crippen molar-refractivity contribution in [1.29, 1.82) is 0 Å². The van der Waals surface area contributed by atoms with Gasteiger partial charge >= 0.3 is 0 Å². The van der Waals surface area contributed by atoms with Gasteiger partial charge in [-0.1, -0.05) is 38.3 Å². The highest BCUT2D eigenvalue weighted by atomic mass is 19.1. The Labute approximate surface area is 197 Å². The van der Waals surface area contributed by atoms with Crippen LogP contribution in [0, 0.1) is 29.4 Å². The molecule has 0 radical (unpaired) electrons. The Bertz CT molecular complexity index is 784. The molecule has 0 aliphatic heterocycles. The van der Waals surface area contributed by atoms with Gasteiger partial charge in [0.15, 0.2) is 0 Å². The first-order valence-electron chi connectivity index (χ1n) is 12.4. The molecule has 0 bridgehead atoms. The minimum atomic E-state index is -0.780. The molecule has 6 heteroatoms. The van der Waals surface area contributed by atoms with E-state index in [4.69, 9.17) is 4.74 Å². The van der Waals surface area contributed by atoms with Gasteiger partial charge in [-0.05, 0) is 62.1 Å². The van der Waals surface area contributed by atoms with Gasteiger partial charge in [0, 0.05) is 43.7 Å². The first-order valence-corrected chi connectivity index (χ1v) is 12.4. The molecule has 2 N–H and O–H groups in total. The summed E-state index contributed by atoms with van der Waals surface area (Å²) >= 11 is 0. The summed E-state index contributed by atoms with van der Waals surface area (Å²) in [6, 6.07) is 2.70. The maximum Gasteiger partial charge on any atom is 0.133 e. The maximum absolute atomic E-state index is 14.6. The van der Waals surface area contributed by atoms with Crippen molar-refractivity contribution in [2.75, 3.05) is 31.7 Å². The van der Waals surface area contributed by atoms with E-state index in [1.165, 1.54) is 63.2 Å². The van der Waals surface area contributed by atoms with Gasteiger partial charge in [-0.15, -0.1) is 0 Å². The van der Waals surface area contributed by atoms with Gasteiger partial charge in [-0.3, -0.25) is 0 Å². The van der Waals surface area contributed by atoms with E-state index in [0.717, 1.165) is 18.4 Å². The van der Waals surface area contributed by atoms with Crippen LogP contribution in [0.1, 0.15) is 57.4 Å². The number of rotatable bonds is 13. The molecule has 1 aromatic carbocycles. The summed E-state index contributed by atoms with van der Waals surface area (Å²) in [6.07, 6.45) is 11.9. The van der Waals surface area contributed by atoms with Gasteiger partial charge in [-0.2, -0.15) is 0 Å². The number of halogens is 2. The molecule has 1 unspecified atom stereocenters. The molecule has 0 amide bonds. The third-order valence-corrected chi connectivity index (χ3v) is 7.25. The minimum Gasteiger partial charge on any atom is -0.387 e. The fourth-order valence-corrected chi connectivity index (χ4v) is 4.97. The average Bonchev–Trinajstić information content (AvgIpc) is 3.19. The number of allylic oxidation sites excluding steroid dienone is 2. The van der Waals surface area contributed by atoms with Gasteiger partial charge in [0.05, 0.1) is 12.7 Å². The van der Waals surface area contributed by atoms with Crippen LogP contribution in [0.2, 0.25) is 0 Å². The Morgan fingerprint density at radius 3 is 2.52 bits per heavy atom. The predicted octanol–water partition coefficient (Wildman–Crippen LogP) is 5.56. The van der Waals surface area contributed by atoms with Crippen molar-refractivity contribution < 1.29 is 18.6 Å². The number of aliphatic hydroxyl groups is 1. The summed E-state index contributed by atoms with van der Waals surface area (Å²) in [6.45, 7) is 7.00. The van der Waals surface area contributed by atoms with Gasteiger partial charge in [0.2, 0.25) is 0 Å². The molecule has 2 fully saturated rings. The van der Waals surface area contributed by atoms with Crippen LogP contribution < -0.4 is 10.2 Å². The van der Waals surface area contributed by atoms with Crippen molar-refractivity contribution in [3.63, 3.8) is 0 Å². The number of hydrogen-bond acceptors (Lipinski definition) is 4. The normalized spacial score (nSPS) is 22.2. The minimum absolute atomic E-state index is 0.0571. The lowest BCUT2D eigenvalue weighted by atomic mass is 9.78. The summed E-state index contributed by atoms with van der Waals surface area (Å²) in [7, 11) is 1.82. The number of anilines is 1. The van der Waals surface area contributed by atoms with E-state index in [1.807, 2.05) is 11.9 Å². The zero-order valence-electron chi connectivity index (χ0n) is 20.2. The third-order valence-electron chi connectivity index (χ3n) is 7.25. The van der Waals surface area contributed by atoms with Gasteiger partial charge < -0.3 is 20.1 Å². The number of hydrogen-bond donors (Lipinski definition) is 2. The zero-order valence-corrected chi connectivity index (χ0v) is 20.2. The zero-order chi connectivity index (χ0) is 23.8. The lowest BCUT2D eigenvalue weighted by molar-refractivity contribution is 0.104. The lowest BCUT2D eigenvalue weighted by Crippen LogP contribution is -2.25. The summed E-state index contributed by atoms with van der Waals surface area (Å²) in [4.78, 5) is 1.82. The molecule has 0 heterocycles. The van der Waals surface area contributed by atoms with Crippen LogP contribution in [0.3, 0.4) is 0 Å². The molecule has 33 heavy (non-hydrogen) atoms. The highest BCUT2D eigenvalue weighted by molar-refractivity contribution is 5.48. The first-order chi connectivity index (χ1) is 15.9. The molecule has 2 aliphatic carbocycles. The summed E-state index contributed by atoms with van der Waals surface area (Å²) in [5.41, 5.74) is 0.881. The van der Waals surface area contributed by atoms with Gasteiger partial charge in [0.25, 0.3) is 0 Å². The van der Waals surface area contributed by atoms with E-state index in [-0.39, 0.29) is 12.1 Å². The quantitative estimate of drug-likeness (QED) is 0.297. The second kappa shape index (κ2) is 12.5. The molecule has 184 valence electrons. The number of aliphatic hydroxyl groups excluding tert-OH is 1. The standard InChI is InChI=1S/C27H40F2N2O2/c1-4-6-27(19(2)32)30-17-24-25(28)15-23(16-26(24)29)31(3)11-12-33-18-22-10-9-21(14-22)13-20-7-5-8-20/h4,6,15-16,19-22,30,32H,1,5,7-14,17-18H2,2-3H3/b27-6+/t19-,21?,22-/m1/s1. The van der Waals surface area contributed by atoms with E-state index in [1.54, 1.807) is 13.0 Å². The maximum atomic E-state index is 14.6. The molecule has 2 saturated carbocycles. The van der Waals surface area contributed by atoms with Crippen LogP contribution in [0.5, 0.6) is 0 Å². The topological polar surface area (TPSA) is 44.7 Å². The Hall–Kier alpha value is -1.92. The molecule has 0 aromatic heterocycles. The molecule has 2 aliphatic rings. The molecule has 1 aromatic rings. The molecule has 3 atom stereocenters. The van der Waals surface area contributed by atoms with E-state index in [2.05, 4.69) is 11.9 Å². The number of benzene rings is 1. The average molecular weight is 463 g/mol. The highest BCUT2D eigenvalue weighted by Crippen LogP contribution is 2.40. The Morgan fingerprint density at radius 2 is 1.91 bits per heavy atom. The predicted molar refractivity (Wildman–Crippen MR) is 130 cm³/mol. The molecule has 4 nitrogen and oxygen atoms in total. The van der Waals surface area contributed by atoms with Crippen molar-refractivity contribution in [2.45, 2.75) is 64.5 Å². The smallest absolute Gasteiger partial charge is 0.133 e. The third kappa shape index (κ3) is 7.54. The number of likely N-dealkylation sites (N-methyl/N-ethyl adjacent to an activating group) is 1. The molecular weight excluding hydrogens is 422 g/mol. The second-order valence-corrected chi connectivity index (χ2v) is 9.85. The summed E-state index contributed by atoms with van der Waals surface area (Å²) < 4.78 is 35.2. The van der Waals surface area contributed by atoms with Crippen molar-refractivity contribution >= 4 is 5.69 Å². The molecule has 0 spiro atoms. The SMILES string of the molecule is C=C/C=C(/NCc1c(F)cc(N(C)CCOC[C@@H]2CCC(CC3CCC3)C2)cc1F)[C@@H](C)O. The molecule has 0 saturated heterocycles. The van der Waals surface area contributed by atoms with E-state index < -0.39 is 17.7 Å². The van der Waals surface area contributed by atoms with Crippen molar-refractivity contribution in [3.8, 4) is 0 Å². The summed E-state index contributed by atoms with van der Waals surface area (Å²) in [5.74, 6) is 1.29. The van der Waals surface area contributed by atoms with Crippen LogP contribution in [0.15, 0.2) is 36.6 Å². The van der Waals surface area contributed by atoms with Gasteiger partial charge in [0.1, 0.15) is 11.6 Å². The fourth-order valence-electron chi connectivity index (χ4n) is 4.97. The van der Waals surface area contributed by atoms with Crippen molar-refractivity contribution in [1.82, 2.24) is 5.32 Å². The van der Waals surface area contributed by atoms with E-state index in [9.17, 15) is 13.9 Å². The molecule has 3 rings (SSSR count). The van der Waals surface area contributed by atoms with Crippen molar-refractivity contribution in [3.05, 3.63) is 53.8 Å². The van der Waals surface area contributed by atoms with Crippen LogP contribution in [-0.4, -0.2) is 38.0 Å². The Kier molecular flexibility index (Phi) is 9.75. The first kappa shape index (κ1) is 25.7. The van der Waals surface area contributed by atoms with E-state index in [0.29, 0.717) is 30.5 Å². The van der Waals surface area contributed by atoms with Crippen molar-refractivity contribution in [2.24, 2.45) is 17.8 Å². The number of nitrogens with one attached hydrogen (secondary N) is 1. The Balaban J connectivity index is 1.42. The lowest BCUT2D eigenvalue weighted by Gasteiger charge is -2.28. The Morgan fingerprint density at radius 1 is 1.21 bits per heavy atom.